The lowest BCUT2D eigenvalue weighted by atomic mass is 9.85. The first-order valence-electron chi connectivity index (χ1n) is 13.1. The molecule has 5 rings (SSSR count). The molecule has 1 fully saturated rings. The van der Waals surface area contributed by atoms with Crippen LogP contribution in [0.5, 0.6) is 0 Å². The van der Waals surface area contributed by atoms with E-state index in [1.807, 2.05) is 35.8 Å². The van der Waals surface area contributed by atoms with Crippen molar-refractivity contribution in [2.24, 2.45) is 5.92 Å². The normalized spacial score (nSPS) is 17.3. The number of pyridine rings is 1. The number of hydrogen-bond acceptors (Lipinski definition) is 4. The summed E-state index contributed by atoms with van der Waals surface area (Å²) in [5.74, 6) is -0.146. The monoisotopic (exact) mass is 564 g/mol. The fraction of sp³-hybridized carbons (Fsp3) is 0.333. The van der Waals surface area contributed by atoms with Crippen LogP contribution in [0.1, 0.15) is 52.9 Å². The number of benzene rings is 2. The smallest absolute Gasteiger partial charge is 0.329 e. The molecule has 1 aliphatic rings. The average Bonchev–Trinajstić information content (AvgIpc) is 3.17. The van der Waals surface area contributed by atoms with E-state index >= 15 is 0 Å². The molecule has 2 heterocycles. The second-order valence-corrected chi connectivity index (χ2v) is 11.3. The molecule has 0 aliphatic heterocycles. The van der Waals surface area contributed by atoms with Gasteiger partial charge in [0.2, 0.25) is 0 Å². The Balaban J connectivity index is 1.28. The molecule has 1 N–H and O–H groups in total. The fourth-order valence-electron chi connectivity index (χ4n) is 5.52. The maximum atomic E-state index is 13.6. The van der Waals surface area contributed by atoms with Gasteiger partial charge in [0.25, 0.3) is 5.91 Å². The Morgan fingerprint density at radius 1 is 1.05 bits per heavy atom. The van der Waals surface area contributed by atoms with Crippen LogP contribution in [0, 0.1) is 25.6 Å². The molecule has 0 bridgehead atoms. The number of hydrogen-bond donors (Lipinski definition) is 1. The highest BCUT2D eigenvalue weighted by Gasteiger charge is 2.26. The summed E-state index contributed by atoms with van der Waals surface area (Å²) in [5, 5.41) is 3.57. The summed E-state index contributed by atoms with van der Waals surface area (Å²) in [7, 11) is 0. The number of carbonyl (C=O) groups excluding carboxylic acids is 1. The number of nitrogens with zero attached hydrogens (tertiary/aromatic N) is 3. The number of aromatic nitrogens is 3. The molecular weight excluding hydrogens is 535 g/mol. The van der Waals surface area contributed by atoms with Gasteiger partial charge in [-0.1, -0.05) is 42.0 Å². The highest BCUT2D eigenvalue weighted by Crippen LogP contribution is 2.27. The summed E-state index contributed by atoms with van der Waals surface area (Å²) in [6.07, 6.45) is 5.01. The van der Waals surface area contributed by atoms with Gasteiger partial charge < -0.3 is 5.32 Å². The fourth-order valence-corrected chi connectivity index (χ4v) is 6.03. The van der Waals surface area contributed by atoms with Crippen LogP contribution in [0.2, 0.25) is 5.02 Å². The molecule has 0 saturated heterocycles. The summed E-state index contributed by atoms with van der Waals surface area (Å²) >= 11 is 11.7. The Labute approximate surface area is 236 Å². The van der Waals surface area contributed by atoms with E-state index < -0.39 is 0 Å². The summed E-state index contributed by atoms with van der Waals surface area (Å²) in [4.78, 5) is 31.2. The van der Waals surface area contributed by atoms with Gasteiger partial charge in [0, 0.05) is 23.6 Å². The zero-order valence-electron chi connectivity index (χ0n) is 21.9. The molecule has 4 aromatic rings. The van der Waals surface area contributed by atoms with Gasteiger partial charge in [-0.15, -0.1) is 0 Å². The van der Waals surface area contributed by atoms with Crippen molar-refractivity contribution in [3.63, 3.8) is 0 Å². The highest BCUT2D eigenvalue weighted by molar-refractivity contribution is 7.80. The molecule has 1 aliphatic carbocycles. The van der Waals surface area contributed by atoms with Crippen LogP contribution in [0.3, 0.4) is 0 Å². The van der Waals surface area contributed by atoms with Gasteiger partial charge in [0.05, 0.1) is 33.9 Å². The third-order valence-electron chi connectivity index (χ3n) is 7.64. The topological polar surface area (TPSA) is 68.9 Å². The van der Waals surface area contributed by atoms with Crippen molar-refractivity contribution in [1.82, 2.24) is 19.4 Å². The largest absolute Gasteiger partial charge is 0.349 e. The van der Waals surface area contributed by atoms with Crippen LogP contribution < -0.4 is 11.0 Å². The van der Waals surface area contributed by atoms with Crippen molar-refractivity contribution in [3.8, 4) is 0 Å². The molecule has 2 aromatic heterocycles. The molecular formula is C30H30ClFN4O2S. The maximum absolute atomic E-state index is 13.6. The molecule has 1 amide bonds. The number of amides is 1. The molecule has 0 radical (unpaired) electrons. The molecule has 2 aromatic carbocycles. The van der Waals surface area contributed by atoms with E-state index in [2.05, 4.69) is 10.3 Å². The number of halogens is 2. The minimum absolute atomic E-state index is 0.0709. The van der Waals surface area contributed by atoms with Crippen LogP contribution in [0.4, 0.5) is 4.39 Å². The Kier molecular flexibility index (Phi) is 7.96. The third-order valence-corrected chi connectivity index (χ3v) is 8.19. The van der Waals surface area contributed by atoms with Gasteiger partial charge in [-0.05, 0) is 86.9 Å². The van der Waals surface area contributed by atoms with E-state index in [1.165, 1.54) is 18.3 Å². The summed E-state index contributed by atoms with van der Waals surface area (Å²) in [6, 6.07) is 14.0. The quantitative estimate of drug-likeness (QED) is 0.220. The minimum atomic E-state index is -0.307. The second kappa shape index (κ2) is 11.4. The molecule has 0 spiro atoms. The molecule has 1 saturated carbocycles. The lowest BCUT2D eigenvalue weighted by Gasteiger charge is -2.29. The van der Waals surface area contributed by atoms with Crippen molar-refractivity contribution in [2.45, 2.75) is 58.7 Å². The first-order valence-corrected chi connectivity index (χ1v) is 13.9. The number of imidazole rings is 1. The van der Waals surface area contributed by atoms with Crippen LogP contribution in [0.25, 0.3) is 11.0 Å². The van der Waals surface area contributed by atoms with Gasteiger partial charge >= 0.3 is 5.69 Å². The van der Waals surface area contributed by atoms with Crippen LogP contribution in [-0.2, 0) is 13.1 Å². The molecule has 39 heavy (non-hydrogen) atoms. The van der Waals surface area contributed by atoms with Gasteiger partial charge in [-0.2, -0.15) is 0 Å². The zero-order chi connectivity index (χ0) is 27.7. The molecule has 6 nitrogen and oxygen atoms in total. The number of rotatable bonds is 7. The predicted molar refractivity (Wildman–Crippen MR) is 156 cm³/mol. The van der Waals surface area contributed by atoms with E-state index in [4.69, 9.17) is 23.8 Å². The third kappa shape index (κ3) is 5.82. The standard InChI is InChI=1S/C30H30ClFN4O2S/c1-18-13-22(32)9-12-24(18)28(39)17-36-27-6-4-3-5-26(27)35(30(36)38)16-20-7-10-23(11-8-20)34-29(37)25-14-21(31)15-33-19(25)2/h3-6,9,12-15,20,23H,7-8,10-11,16-17H2,1-2H3,(H,34,37). The zero-order valence-corrected chi connectivity index (χ0v) is 23.5. The second-order valence-electron chi connectivity index (χ2n) is 10.3. The van der Waals surface area contributed by atoms with Crippen LogP contribution >= 0.6 is 23.8 Å². The van der Waals surface area contributed by atoms with E-state index in [1.54, 1.807) is 23.6 Å². The van der Waals surface area contributed by atoms with E-state index in [9.17, 15) is 14.0 Å². The number of nitrogens with one attached hydrogen (secondary N) is 1. The van der Waals surface area contributed by atoms with E-state index in [0.717, 1.165) is 47.8 Å². The highest BCUT2D eigenvalue weighted by atomic mass is 35.5. The van der Waals surface area contributed by atoms with Gasteiger partial charge in [0.1, 0.15) is 5.82 Å². The molecule has 0 unspecified atom stereocenters. The molecule has 9 heteroatoms. The Morgan fingerprint density at radius 2 is 1.74 bits per heavy atom. The average molecular weight is 565 g/mol. The van der Waals surface area contributed by atoms with E-state index in [0.29, 0.717) is 33.6 Å². The SMILES string of the molecule is Cc1cc(F)ccc1C(=S)Cn1c(=O)n(CC2CCC(NC(=O)c3cc(Cl)cnc3C)CC2)c2ccccc21. The minimum Gasteiger partial charge on any atom is -0.349 e. The Morgan fingerprint density at radius 3 is 2.44 bits per heavy atom. The van der Waals surface area contributed by atoms with Gasteiger partial charge in [-0.3, -0.25) is 18.9 Å². The Hall–Kier alpha value is -3.36. The first kappa shape index (κ1) is 27.2. The van der Waals surface area contributed by atoms with Crippen molar-refractivity contribution < 1.29 is 9.18 Å². The van der Waals surface area contributed by atoms with Gasteiger partial charge in [0.15, 0.2) is 0 Å². The molecule has 202 valence electrons. The number of fused-ring (bicyclic) bond motifs is 1. The summed E-state index contributed by atoms with van der Waals surface area (Å²) in [5.41, 5.74) is 4.28. The van der Waals surface area contributed by atoms with Crippen LogP contribution in [0.15, 0.2) is 59.5 Å². The number of aryl methyl sites for hydroxylation is 2. The van der Waals surface area contributed by atoms with Crippen molar-refractivity contribution >= 4 is 45.6 Å². The number of para-hydroxylation sites is 2. The lowest BCUT2D eigenvalue weighted by Crippen LogP contribution is -2.39. The predicted octanol–water partition coefficient (Wildman–Crippen LogP) is 6.01. The Bertz CT molecular complexity index is 1620. The van der Waals surface area contributed by atoms with Gasteiger partial charge in [-0.25, -0.2) is 9.18 Å². The van der Waals surface area contributed by atoms with Crippen LogP contribution in [-0.4, -0.2) is 30.9 Å². The summed E-state index contributed by atoms with van der Waals surface area (Å²) in [6.45, 7) is 4.48. The lowest BCUT2D eigenvalue weighted by molar-refractivity contribution is 0.0919. The number of carbonyl (C=O) groups is 1. The first-order chi connectivity index (χ1) is 18.7. The van der Waals surface area contributed by atoms with Crippen molar-refractivity contribution in [1.29, 1.82) is 0 Å². The van der Waals surface area contributed by atoms with Crippen molar-refractivity contribution in [2.75, 3.05) is 0 Å². The summed E-state index contributed by atoms with van der Waals surface area (Å²) < 4.78 is 17.2. The maximum Gasteiger partial charge on any atom is 0.329 e. The molecule has 0 atom stereocenters. The number of thiocarbonyl (C=S) groups is 1. The van der Waals surface area contributed by atoms with E-state index in [-0.39, 0.29) is 30.0 Å². The van der Waals surface area contributed by atoms with Crippen molar-refractivity contribution in [3.05, 3.63) is 98.4 Å².